The fourth-order valence-corrected chi connectivity index (χ4v) is 2.18. The lowest BCUT2D eigenvalue weighted by Gasteiger charge is -2.21. The van der Waals surface area contributed by atoms with Crippen molar-refractivity contribution in [2.45, 2.75) is 45.4 Å². The summed E-state index contributed by atoms with van der Waals surface area (Å²) >= 11 is 0. The minimum Gasteiger partial charge on any atom is -0.480 e. The highest BCUT2D eigenvalue weighted by atomic mass is 16.5. The zero-order valence-corrected chi connectivity index (χ0v) is 14.4. The Hall–Kier alpha value is -2.90. The molecule has 134 valence electrons. The van der Waals surface area contributed by atoms with Crippen molar-refractivity contribution in [3.8, 4) is 0 Å². The molecule has 0 radical (unpaired) electrons. The molecule has 0 aliphatic carbocycles. The van der Waals surface area contributed by atoms with E-state index < -0.39 is 24.1 Å². The van der Waals surface area contributed by atoms with E-state index in [2.05, 4.69) is 15.4 Å². The van der Waals surface area contributed by atoms with E-state index in [1.807, 2.05) is 44.2 Å². The Morgan fingerprint density at radius 1 is 1.24 bits per heavy atom. The fourth-order valence-electron chi connectivity index (χ4n) is 2.18. The molecule has 8 nitrogen and oxygen atoms in total. The molecule has 2 atom stereocenters. The lowest BCUT2D eigenvalue weighted by molar-refractivity contribution is -0.140. The molecule has 25 heavy (non-hydrogen) atoms. The Morgan fingerprint density at radius 3 is 2.48 bits per heavy atom. The zero-order chi connectivity index (χ0) is 18.4. The first-order chi connectivity index (χ1) is 11.9. The summed E-state index contributed by atoms with van der Waals surface area (Å²) in [6, 6.07) is 7.33. The lowest BCUT2D eigenvalue weighted by Crippen LogP contribution is -2.46. The van der Waals surface area contributed by atoms with Gasteiger partial charge in [-0.1, -0.05) is 44.2 Å². The highest BCUT2D eigenvalue weighted by molar-refractivity contribution is 5.80. The molecule has 1 aromatic carbocycles. The van der Waals surface area contributed by atoms with Gasteiger partial charge in [-0.25, -0.2) is 19.3 Å². The number of ether oxygens (including phenoxy) is 1. The van der Waals surface area contributed by atoms with Crippen LogP contribution in [-0.4, -0.2) is 38.0 Å². The molecule has 8 heteroatoms. The van der Waals surface area contributed by atoms with Gasteiger partial charge in [0.2, 0.25) is 0 Å². The highest BCUT2D eigenvalue weighted by Crippen LogP contribution is 2.14. The van der Waals surface area contributed by atoms with Crippen molar-refractivity contribution >= 4 is 12.1 Å². The third-order valence-electron chi connectivity index (χ3n) is 3.69. The summed E-state index contributed by atoms with van der Waals surface area (Å²) in [5, 5.41) is 16.1. The van der Waals surface area contributed by atoms with Crippen LogP contribution in [0.3, 0.4) is 0 Å². The van der Waals surface area contributed by atoms with Crippen LogP contribution in [0.2, 0.25) is 0 Å². The van der Waals surface area contributed by atoms with Crippen LogP contribution in [0.5, 0.6) is 0 Å². The van der Waals surface area contributed by atoms with Crippen molar-refractivity contribution in [3.05, 3.63) is 48.0 Å². The predicted molar refractivity (Wildman–Crippen MR) is 90.0 cm³/mol. The highest BCUT2D eigenvalue weighted by Gasteiger charge is 2.29. The number of nitrogens with one attached hydrogen (secondary N) is 1. The van der Waals surface area contributed by atoms with Gasteiger partial charge in [0.25, 0.3) is 0 Å². The standard InChI is InChI=1S/C17H22N4O4/c1-11(2)15-18-10-21(20-15)12(3)14(16(22)23)19-17(24)25-9-13-7-5-4-6-8-13/h4-8,10-12,14H,9H2,1-3H3,(H,19,24)(H,22,23). The Bertz CT molecular complexity index is 714. The number of carboxylic acid groups (broad SMARTS) is 1. The first-order valence-corrected chi connectivity index (χ1v) is 7.99. The summed E-state index contributed by atoms with van der Waals surface area (Å²) in [5.74, 6) is -0.436. The number of aliphatic carboxylic acids is 1. The molecule has 0 saturated heterocycles. The average molecular weight is 346 g/mol. The molecule has 2 aromatic rings. The summed E-state index contributed by atoms with van der Waals surface area (Å²) < 4.78 is 6.52. The van der Waals surface area contributed by atoms with Crippen molar-refractivity contribution < 1.29 is 19.4 Å². The molecule has 0 saturated carbocycles. The number of hydrogen-bond donors (Lipinski definition) is 2. The van der Waals surface area contributed by atoms with E-state index in [4.69, 9.17) is 4.74 Å². The number of hydrogen-bond acceptors (Lipinski definition) is 5. The molecule has 0 bridgehead atoms. The Morgan fingerprint density at radius 2 is 1.92 bits per heavy atom. The van der Waals surface area contributed by atoms with Gasteiger partial charge in [0.05, 0.1) is 6.04 Å². The Kier molecular flexibility index (Phi) is 6.10. The van der Waals surface area contributed by atoms with Crippen LogP contribution in [0.1, 0.15) is 44.1 Å². The third kappa shape index (κ3) is 5.03. The van der Waals surface area contributed by atoms with Crippen LogP contribution in [0, 0.1) is 0 Å². The van der Waals surface area contributed by atoms with Gasteiger partial charge in [0.15, 0.2) is 11.9 Å². The van der Waals surface area contributed by atoms with Crippen molar-refractivity contribution in [1.29, 1.82) is 0 Å². The largest absolute Gasteiger partial charge is 0.480 e. The monoisotopic (exact) mass is 346 g/mol. The second-order valence-electron chi connectivity index (χ2n) is 6.00. The Labute approximate surface area is 145 Å². The number of rotatable bonds is 7. The van der Waals surface area contributed by atoms with Crippen molar-refractivity contribution in [1.82, 2.24) is 20.1 Å². The zero-order valence-electron chi connectivity index (χ0n) is 14.4. The number of amides is 1. The fraction of sp³-hybridized carbons (Fsp3) is 0.412. The number of benzene rings is 1. The predicted octanol–water partition coefficient (Wildman–Crippen LogP) is 2.34. The van der Waals surface area contributed by atoms with E-state index in [0.29, 0.717) is 5.82 Å². The van der Waals surface area contributed by atoms with E-state index in [1.165, 1.54) is 11.0 Å². The molecule has 0 aliphatic rings. The maximum atomic E-state index is 11.9. The second-order valence-corrected chi connectivity index (χ2v) is 6.00. The summed E-state index contributed by atoms with van der Waals surface area (Å²) in [7, 11) is 0. The molecule has 1 aromatic heterocycles. The van der Waals surface area contributed by atoms with Crippen molar-refractivity contribution in [2.24, 2.45) is 0 Å². The molecule has 0 spiro atoms. The second kappa shape index (κ2) is 8.27. The van der Waals surface area contributed by atoms with Crippen LogP contribution in [0.25, 0.3) is 0 Å². The van der Waals surface area contributed by atoms with Crippen molar-refractivity contribution in [3.63, 3.8) is 0 Å². The van der Waals surface area contributed by atoms with Crippen LogP contribution in [0.4, 0.5) is 4.79 Å². The van der Waals surface area contributed by atoms with Gasteiger partial charge in [-0.3, -0.25) is 0 Å². The third-order valence-corrected chi connectivity index (χ3v) is 3.69. The molecule has 1 amide bonds. The van der Waals surface area contributed by atoms with Crippen LogP contribution < -0.4 is 5.32 Å². The summed E-state index contributed by atoms with van der Waals surface area (Å²) in [4.78, 5) is 27.6. The van der Waals surface area contributed by atoms with E-state index >= 15 is 0 Å². The van der Waals surface area contributed by atoms with Gasteiger partial charge in [0, 0.05) is 5.92 Å². The van der Waals surface area contributed by atoms with E-state index in [9.17, 15) is 14.7 Å². The smallest absolute Gasteiger partial charge is 0.408 e. The minimum atomic E-state index is -1.19. The molecule has 2 unspecified atom stereocenters. The first kappa shape index (κ1) is 18.4. The van der Waals surface area contributed by atoms with Crippen LogP contribution in [0.15, 0.2) is 36.7 Å². The minimum absolute atomic E-state index is 0.0637. The number of aromatic nitrogens is 3. The SMILES string of the molecule is CC(C)c1ncn(C(C)C(NC(=O)OCc2ccccc2)C(=O)O)n1. The summed E-state index contributed by atoms with van der Waals surface area (Å²) in [5.41, 5.74) is 0.815. The number of carboxylic acids is 1. The van der Waals surface area contributed by atoms with Crippen molar-refractivity contribution in [2.75, 3.05) is 0 Å². The van der Waals surface area contributed by atoms with E-state index in [1.54, 1.807) is 6.92 Å². The van der Waals surface area contributed by atoms with Crippen LogP contribution in [-0.2, 0) is 16.1 Å². The maximum absolute atomic E-state index is 11.9. The average Bonchev–Trinajstić information content (AvgIpc) is 3.08. The summed E-state index contributed by atoms with van der Waals surface area (Å²) in [6.07, 6.45) is 0.666. The van der Waals surface area contributed by atoms with Crippen LogP contribution >= 0.6 is 0 Å². The molecule has 2 rings (SSSR count). The van der Waals surface area contributed by atoms with Gasteiger partial charge < -0.3 is 15.2 Å². The molecule has 2 N–H and O–H groups in total. The maximum Gasteiger partial charge on any atom is 0.408 e. The van der Waals surface area contributed by atoms with E-state index in [-0.39, 0.29) is 12.5 Å². The Balaban J connectivity index is 1.99. The topological polar surface area (TPSA) is 106 Å². The van der Waals surface area contributed by atoms with E-state index in [0.717, 1.165) is 5.56 Å². The van der Waals surface area contributed by atoms with Gasteiger partial charge in [-0.15, -0.1) is 0 Å². The first-order valence-electron chi connectivity index (χ1n) is 7.99. The lowest BCUT2D eigenvalue weighted by atomic mass is 10.1. The number of alkyl carbamates (subject to hydrolysis) is 1. The number of carbonyl (C=O) groups is 2. The molecular formula is C17H22N4O4. The van der Waals surface area contributed by atoms with Gasteiger partial charge in [-0.2, -0.15) is 5.10 Å². The van der Waals surface area contributed by atoms with Gasteiger partial charge >= 0.3 is 12.1 Å². The number of carbonyl (C=O) groups excluding carboxylic acids is 1. The molecular weight excluding hydrogens is 324 g/mol. The molecule has 0 fully saturated rings. The molecule has 1 heterocycles. The normalized spacial score (nSPS) is 13.3. The van der Waals surface area contributed by atoms with Gasteiger partial charge in [-0.05, 0) is 12.5 Å². The van der Waals surface area contributed by atoms with Gasteiger partial charge in [0.1, 0.15) is 12.9 Å². The number of nitrogens with zero attached hydrogens (tertiary/aromatic N) is 3. The molecule has 0 aliphatic heterocycles. The summed E-state index contributed by atoms with van der Waals surface area (Å²) in [6.45, 7) is 5.60. The quantitative estimate of drug-likeness (QED) is 0.797.